The number of piperidine rings is 1. The number of halogens is 2. The molecule has 4 rings (SSSR count). The number of aromatic amines is 1. The molecule has 4 heterocycles. The summed E-state index contributed by atoms with van der Waals surface area (Å²) in [6.45, 7) is 4.03. The zero-order chi connectivity index (χ0) is 19.6. The van der Waals surface area contributed by atoms with E-state index in [-0.39, 0.29) is 49.3 Å². The van der Waals surface area contributed by atoms with Gasteiger partial charge in [0.05, 0.1) is 30.8 Å². The summed E-state index contributed by atoms with van der Waals surface area (Å²) in [5, 5.41) is 3.34. The smallest absolute Gasteiger partial charge is 0.249 e. The lowest BCUT2D eigenvalue weighted by Gasteiger charge is -2.50. The number of imidazole rings is 1. The molecule has 2 fully saturated rings. The molecule has 1 atom stereocenters. The van der Waals surface area contributed by atoms with Crippen molar-refractivity contribution in [1.82, 2.24) is 25.1 Å². The number of rotatable bonds is 4. The highest BCUT2D eigenvalue weighted by Crippen LogP contribution is 2.42. The highest BCUT2D eigenvalue weighted by molar-refractivity contribution is 5.85. The average molecular weight is 464 g/mol. The van der Waals surface area contributed by atoms with E-state index in [1.807, 2.05) is 9.80 Å². The maximum Gasteiger partial charge on any atom is 0.249 e. The first kappa shape index (κ1) is 24.9. The molecular weight excluding hydrogens is 433 g/mol. The van der Waals surface area contributed by atoms with Crippen molar-refractivity contribution in [3.8, 4) is 0 Å². The Morgan fingerprint density at radius 1 is 1.27 bits per heavy atom. The first-order chi connectivity index (χ1) is 13.6. The van der Waals surface area contributed by atoms with Crippen LogP contribution in [0.5, 0.6) is 0 Å². The SMILES string of the molecule is COCC(=O)N1CCc2[nH]cnc2C12CCN(C(=O)CC1COCCN1)CC2.Cl.Cl. The Bertz CT molecular complexity index is 718. The van der Waals surface area contributed by atoms with Crippen LogP contribution in [0.4, 0.5) is 0 Å². The molecule has 1 aromatic rings. The molecule has 0 radical (unpaired) electrons. The quantitative estimate of drug-likeness (QED) is 0.673. The third-order valence-electron chi connectivity index (χ3n) is 6.19. The maximum absolute atomic E-state index is 12.8. The summed E-state index contributed by atoms with van der Waals surface area (Å²) in [4.78, 5) is 37.1. The van der Waals surface area contributed by atoms with E-state index in [4.69, 9.17) is 9.47 Å². The van der Waals surface area contributed by atoms with Gasteiger partial charge in [0.25, 0.3) is 0 Å². The Morgan fingerprint density at radius 3 is 2.70 bits per heavy atom. The topological polar surface area (TPSA) is 99.8 Å². The van der Waals surface area contributed by atoms with Crippen molar-refractivity contribution in [3.63, 3.8) is 0 Å². The summed E-state index contributed by atoms with van der Waals surface area (Å²) in [5.41, 5.74) is 1.61. The molecular formula is C19H31Cl2N5O4. The molecule has 2 N–H and O–H groups in total. The third-order valence-corrected chi connectivity index (χ3v) is 6.19. The Morgan fingerprint density at radius 2 is 2.03 bits per heavy atom. The Kier molecular flexibility index (Phi) is 8.93. The summed E-state index contributed by atoms with van der Waals surface area (Å²) in [6, 6.07) is 0.0875. The predicted molar refractivity (Wildman–Crippen MR) is 115 cm³/mol. The lowest BCUT2D eigenvalue weighted by molar-refractivity contribution is -0.148. The van der Waals surface area contributed by atoms with Gasteiger partial charge in [-0.05, 0) is 12.8 Å². The van der Waals surface area contributed by atoms with Crippen molar-refractivity contribution >= 4 is 36.6 Å². The Balaban J connectivity index is 0.00000160. The summed E-state index contributed by atoms with van der Waals surface area (Å²) in [5.74, 6) is 0.130. The molecule has 170 valence electrons. The van der Waals surface area contributed by atoms with Crippen LogP contribution in [0.1, 0.15) is 30.7 Å². The second kappa shape index (κ2) is 10.8. The van der Waals surface area contributed by atoms with Crippen molar-refractivity contribution in [1.29, 1.82) is 0 Å². The summed E-state index contributed by atoms with van der Waals surface area (Å²) in [6.07, 6.45) is 4.32. The second-order valence-electron chi connectivity index (χ2n) is 7.80. The van der Waals surface area contributed by atoms with Gasteiger partial charge in [0.2, 0.25) is 11.8 Å². The van der Waals surface area contributed by atoms with Crippen LogP contribution in [0.25, 0.3) is 0 Å². The van der Waals surface area contributed by atoms with E-state index in [2.05, 4.69) is 15.3 Å². The Labute approximate surface area is 189 Å². The van der Waals surface area contributed by atoms with E-state index in [0.717, 1.165) is 24.4 Å². The van der Waals surface area contributed by atoms with Crippen LogP contribution in [0, 0.1) is 0 Å². The number of aromatic nitrogens is 2. The zero-order valence-corrected chi connectivity index (χ0v) is 18.9. The van der Waals surface area contributed by atoms with Crippen molar-refractivity contribution in [2.45, 2.75) is 37.3 Å². The molecule has 30 heavy (non-hydrogen) atoms. The van der Waals surface area contributed by atoms with E-state index < -0.39 is 5.54 Å². The number of carbonyl (C=O) groups is 2. The lowest BCUT2D eigenvalue weighted by Crippen LogP contribution is -2.59. The largest absolute Gasteiger partial charge is 0.378 e. The monoisotopic (exact) mass is 463 g/mol. The van der Waals surface area contributed by atoms with Crippen LogP contribution in [0.3, 0.4) is 0 Å². The van der Waals surface area contributed by atoms with E-state index >= 15 is 0 Å². The fourth-order valence-corrected chi connectivity index (χ4v) is 4.77. The summed E-state index contributed by atoms with van der Waals surface area (Å²) in [7, 11) is 1.54. The average Bonchev–Trinajstić information content (AvgIpc) is 3.20. The van der Waals surface area contributed by atoms with Crippen LogP contribution in [-0.2, 0) is 31.0 Å². The summed E-state index contributed by atoms with van der Waals surface area (Å²) >= 11 is 0. The van der Waals surface area contributed by atoms with Crippen LogP contribution in [0.15, 0.2) is 6.33 Å². The first-order valence-electron chi connectivity index (χ1n) is 10.0. The van der Waals surface area contributed by atoms with E-state index in [0.29, 0.717) is 52.1 Å². The predicted octanol–water partition coefficient (Wildman–Crippen LogP) is 0.481. The van der Waals surface area contributed by atoms with Gasteiger partial charge in [-0.3, -0.25) is 9.59 Å². The van der Waals surface area contributed by atoms with Crippen LogP contribution < -0.4 is 5.32 Å². The highest BCUT2D eigenvalue weighted by Gasteiger charge is 2.49. The van der Waals surface area contributed by atoms with Gasteiger partial charge in [0.15, 0.2) is 0 Å². The van der Waals surface area contributed by atoms with Crippen molar-refractivity contribution in [2.24, 2.45) is 0 Å². The van der Waals surface area contributed by atoms with Gasteiger partial charge in [-0.1, -0.05) is 0 Å². The lowest BCUT2D eigenvalue weighted by atomic mass is 9.78. The molecule has 3 aliphatic rings. The number of amides is 2. The molecule has 2 amide bonds. The summed E-state index contributed by atoms with van der Waals surface area (Å²) < 4.78 is 10.6. The minimum absolute atomic E-state index is 0. The third kappa shape index (κ3) is 4.75. The van der Waals surface area contributed by atoms with E-state index in [1.54, 1.807) is 13.4 Å². The number of carbonyl (C=O) groups excluding carboxylic acids is 2. The van der Waals surface area contributed by atoms with Crippen molar-refractivity contribution in [2.75, 3.05) is 53.1 Å². The Hall–Kier alpha value is -1.39. The van der Waals surface area contributed by atoms with Gasteiger partial charge in [-0.25, -0.2) is 4.98 Å². The van der Waals surface area contributed by atoms with Crippen molar-refractivity contribution < 1.29 is 19.1 Å². The fraction of sp³-hybridized carbons (Fsp3) is 0.737. The molecule has 2 saturated heterocycles. The highest BCUT2D eigenvalue weighted by atomic mass is 35.5. The molecule has 1 spiro atoms. The number of nitrogens with zero attached hydrogens (tertiary/aromatic N) is 3. The minimum atomic E-state index is -0.452. The van der Waals surface area contributed by atoms with Gasteiger partial charge >= 0.3 is 0 Å². The van der Waals surface area contributed by atoms with Gasteiger partial charge in [-0.15, -0.1) is 24.8 Å². The standard InChI is InChI=1S/C19H29N5O4.2ClH/c1-27-12-17(26)24-6-2-15-18(22-13-21-15)19(24)3-7-23(8-4-19)16(25)10-14-11-28-9-5-20-14;;/h13-14,20H,2-12H2,1H3,(H,21,22);2*1H. The zero-order valence-electron chi connectivity index (χ0n) is 17.2. The van der Waals surface area contributed by atoms with Gasteiger partial charge in [0.1, 0.15) is 6.61 Å². The van der Waals surface area contributed by atoms with E-state index in [9.17, 15) is 9.59 Å². The number of methoxy groups -OCH3 is 1. The fourth-order valence-electron chi connectivity index (χ4n) is 4.77. The van der Waals surface area contributed by atoms with Crippen molar-refractivity contribution in [3.05, 3.63) is 17.7 Å². The minimum Gasteiger partial charge on any atom is -0.378 e. The maximum atomic E-state index is 12.8. The van der Waals surface area contributed by atoms with Gasteiger partial charge < -0.3 is 29.6 Å². The normalized spacial score (nSPS) is 22.6. The molecule has 3 aliphatic heterocycles. The molecule has 0 aromatic carbocycles. The number of nitrogens with one attached hydrogen (secondary N) is 2. The molecule has 0 saturated carbocycles. The first-order valence-corrected chi connectivity index (χ1v) is 10.0. The van der Waals surface area contributed by atoms with Crippen LogP contribution >= 0.6 is 24.8 Å². The molecule has 1 aromatic heterocycles. The van der Waals surface area contributed by atoms with Crippen LogP contribution in [-0.4, -0.2) is 90.7 Å². The number of H-pyrrole nitrogens is 1. The molecule has 0 aliphatic carbocycles. The molecule has 0 bridgehead atoms. The second-order valence-corrected chi connectivity index (χ2v) is 7.80. The number of hydrogen-bond donors (Lipinski definition) is 2. The van der Waals surface area contributed by atoms with Gasteiger partial charge in [-0.2, -0.15) is 0 Å². The number of ether oxygens (including phenoxy) is 2. The molecule has 9 nitrogen and oxygen atoms in total. The van der Waals surface area contributed by atoms with Gasteiger partial charge in [0, 0.05) is 57.9 Å². The number of hydrogen-bond acceptors (Lipinski definition) is 6. The number of likely N-dealkylation sites (tertiary alicyclic amines) is 1. The van der Waals surface area contributed by atoms with E-state index in [1.165, 1.54) is 0 Å². The number of morpholine rings is 1. The number of fused-ring (bicyclic) bond motifs is 2. The van der Waals surface area contributed by atoms with Crippen LogP contribution in [0.2, 0.25) is 0 Å². The molecule has 11 heteroatoms. The molecule has 1 unspecified atom stereocenters.